The molecule has 0 aliphatic carbocycles. The van der Waals surface area contributed by atoms with Crippen LogP contribution in [-0.4, -0.2) is 50.3 Å². The Morgan fingerprint density at radius 1 is 1.12 bits per heavy atom. The lowest BCUT2D eigenvalue weighted by Gasteiger charge is -2.13. The van der Waals surface area contributed by atoms with Crippen molar-refractivity contribution in [3.63, 3.8) is 0 Å². The molecule has 0 bridgehead atoms. The number of nitrogens with one attached hydrogen (secondary N) is 2. The van der Waals surface area contributed by atoms with Gasteiger partial charge in [0.2, 0.25) is 5.95 Å². The van der Waals surface area contributed by atoms with Crippen molar-refractivity contribution >= 4 is 17.5 Å². The van der Waals surface area contributed by atoms with Crippen LogP contribution >= 0.6 is 0 Å². The summed E-state index contributed by atoms with van der Waals surface area (Å²) < 4.78 is 0. The number of aromatic hydroxyl groups is 2. The highest BCUT2D eigenvalue weighted by atomic mass is 16.3. The molecule has 0 aliphatic rings. The summed E-state index contributed by atoms with van der Waals surface area (Å²) in [6.07, 6.45) is 0. The van der Waals surface area contributed by atoms with Crippen molar-refractivity contribution in [2.75, 3.05) is 19.4 Å². The molecule has 1 amide bonds. The van der Waals surface area contributed by atoms with E-state index in [-0.39, 0.29) is 28.9 Å². The van der Waals surface area contributed by atoms with Gasteiger partial charge < -0.3 is 20.4 Å². The number of aromatic nitrogens is 3. The first kappa shape index (κ1) is 16.3. The lowest BCUT2D eigenvalue weighted by atomic mass is 10.1. The molecule has 1 aromatic heterocycles. The first-order valence-electron chi connectivity index (χ1n) is 7.48. The Hall–Kier alpha value is -3.55. The lowest BCUT2D eigenvalue weighted by Crippen LogP contribution is -2.21. The molecule has 0 spiro atoms. The highest BCUT2D eigenvalue weighted by molar-refractivity contribution is 5.98. The van der Waals surface area contributed by atoms with Crippen molar-refractivity contribution < 1.29 is 15.0 Å². The zero-order chi connectivity index (χ0) is 18.0. The monoisotopic (exact) mass is 339 g/mol. The van der Waals surface area contributed by atoms with Crippen LogP contribution in [0.25, 0.3) is 11.4 Å². The van der Waals surface area contributed by atoms with E-state index in [4.69, 9.17) is 0 Å². The molecular weight excluding hydrogens is 322 g/mol. The van der Waals surface area contributed by atoms with Gasteiger partial charge in [0.05, 0.1) is 11.3 Å². The van der Waals surface area contributed by atoms with Gasteiger partial charge in [-0.2, -0.15) is 4.98 Å². The number of phenolic OH excluding ortho intramolecular Hbond substituents is 2. The van der Waals surface area contributed by atoms with Crippen LogP contribution in [0.15, 0.2) is 42.5 Å². The summed E-state index contributed by atoms with van der Waals surface area (Å²) in [6, 6.07) is 11.3. The van der Waals surface area contributed by atoms with Crippen LogP contribution in [0.3, 0.4) is 0 Å². The number of anilines is 2. The van der Waals surface area contributed by atoms with Crippen LogP contribution in [0.4, 0.5) is 11.6 Å². The van der Waals surface area contributed by atoms with E-state index in [1.165, 1.54) is 4.90 Å². The number of phenols is 2. The number of aromatic amines is 1. The molecule has 0 saturated carbocycles. The van der Waals surface area contributed by atoms with Gasteiger partial charge in [-0.1, -0.05) is 6.07 Å². The first-order chi connectivity index (χ1) is 12.0. The Labute approximate surface area is 143 Å². The molecule has 1 heterocycles. The maximum Gasteiger partial charge on any atom is 0.257 e. The number of benzene rings is 2. The minimum atomic E-state index is -0.305. The molecule has 3 aromatic rings. The van der Waals surface area contributed by atoms with Gasteiger partial charge in [0, 0.05) is 19.7 Å². The SMILES string of the molecule is CN(C)C(=O)c1cccc(Nc2n[nH]c(-c3ccc(O)cc3)n2)c1O. The van der Waals surface area contributed by atoms with E-state index in [0.29, 0.717) is 11.5 Å². The van der Waals surface area contributed by atoms with Crippen LogP contribution in [0.2, 0.25) is 0 Å². The van der Waals surface area contributed by atoms with Crippen molar-refractivity contribution in [2.24, 2.45) is 0 Å². The predicted molar refractivity (Wildman–Crippen MR) is 92.9 cm³/mol. The molecule has 0 radical (unpaired) electrons. The average Bonchev–Trinajstić information content (AvgIpc) is 3.05. The van der Waals surface area contributed by atoms with E-state index in [1.54, 1.807) is 56.6 Å². The van der Waals surface area contributed by atoms with E-state index in [1.807, 2.05) is 0 Å². The van der Waals surface area contributed by atoms with Crippen LogP contribution in [-0.2, 0) is 0 Å². The molecule has 128 valence electrons. The van der Waals surface area contributed by atoms with E-state index in [0.717, 1.165) is 5.56 Å². The molecule has 8 nitrogen and oxygen atoms in total. The second-order valence-electron chi connectivity index (χ2n) is 5.58. The Balaban J connectivity index is 1.85. The molecule has 8 heteroatoms. The summed E-state index contributed by atoms with van der Waals surface area (Å²) in [6.45, 7) is 0. The average molecular weight is 339 g/mol. The quantitative estimate of drug-likeness (QED) is 0.542. The summed E-state index contributed by atoms with van der Waals surface area (Å²) in [4.78, 5) is 17.7. The molecule has 0 fully saturated rings. The second-order valence-corrected chi connectivity index (χ2v) is 5.58. The molecule has 0 saturated heterocycles. The van der Waals surface area contributed by atoms with Crippen LogP contribution in [0.1, 0.15) is 10.4 Å². The fourth-order valence-corrected chi connectivity index (χ4v) is 2.24. The third kappa shape index (κ3) is 3.37. The predicted octanol–water partition coefficient (Wildman–Crippen LogP) is 2.33. The number of carbonyl (C=O) groups is 1. The summed E-state index contributed by atoms with van der Waals surface area (Å²) in [5.74, 6) is 0.433. The molecule has 0 aliphatic heterocycles. The minimum Gasteiger partial charge on any atom is -0.508 e. The highest BCUT2D eigenvalue weighted by Crippen LogP contribution is 2.30. The van der Waals surface area contributed by atoms with Gasteiger partial charge in [-0.3, -0.25) is 9.89 Å². The number of hydrogen-bond acceptors (Lipinski definition) is 6. The van der Waals surface area contributed by atoms with Crippen LogP contribution in [0.5, 0.6) is 11.5 Å². The van der Waals surface area contributed by atoms with Gasteiger partial charge in [-0.25, -0.2) is 0 Å². The van der Waals surface area contributed by atoms with Crippen molar-refractivity contribution in [2.45, 2.75) is 0 Å². The standard InChI is InChI=1S/C17H17N5O3/c1-22(2)16(25)12-4-3-5-13(14(12)24)18-17-19-15(20-21-17)10-6-8-11(23)9-7-10/h3-9,23-24H,1-2H3,(H2,18,19,20,21). The summed E-state index contributed by atoms with van der Waals surface area (Å²) in [5, 5.41) is 29.4. The zero-order valence-electron chi connectivity index (χ0n) is 13.7. The molecule has 2 aromatic carbocycles. The molecular formula is C17H17N5O3. The van der Waals surface area contributed by atoms with Gasteiger partial charge in [0.15, 0.2) is 11.6 Å². The van der Waals surface area contributed by atoms with Crippen LogP contribution < -0.4 is 5.32 Å². The van der Waals surface area contributed by atoms with E-state index >= 15 is 0 Å². The Bertz CT molecular complexity index is 903. The van der Waals surface area contributed by atoms with Gasteiger partial charge in [-0.15, -0.1) is 5.10 Å². The normalized spacial score (nSPS) is 10.5. The fraction of sp³-hybridized carbons (Fsp3) is 0.118. The van der Waals surface area contributed by atoms with Gasteiger partial charge >= 0.3 is 0 Å². The van der Waals surface area contributed by atoms with E-state index in [9.17, 15) is 15.0 Å². The van der Waals surface area contributed by atoms with Gasteiger partial charge in [0.25, 0.3) is 5.91 Å². The topological polar surface area (TPSA) is 114 Å². The number of nitrogens with zero attached hydrogens (tertiary/aromatic N) is 3. The minimum absolute atomic E-state index is 0.161. The highest BCUT2D eigenvalue weighted by Gasteiger charge is 2.17. The number of para-hydroxylation sites is 1. The summed E-state index contributed by atoms with van der Waals surface area (Å²) >= 11 is 0. The molecule has 0 atom stereocenters. The third-order valence-electron chi connectivity index (χ3n) is 3.55. The second kappa shape index (κ2) is 6.52. The van der Waals surface area contributed by atoms with Crippen molar-refractivity contribution in [3.05, 3.63) is 48.0 Å². The Morgan fingerprint density at radius 2 is 1.84 bits per heavy atom. The largest absolute Gasteiger partial charge is 0.508 e. The Kier molecular flexibility index (Phi) is 4.25. The summed E-state index contributed by atoms with van der Waals surface area (Å²) in [7, 11) is 3.22. The van der Waals surface area contributed by atoms with Gasteiger partial charge in [0.1, 0.15) is 5.75 Å². The van der Waals surface area contributed by atoms with E-state index in [2.05, 4.69) is 20.5 Å². The number of rotatable bonds is 4. The maximum absolute atomic E-state index is 12.1. The molecule has 0 unspecified atom stereocenters. The Morgan fingerprint density at radius 3 is 2.52 bits per heavy atom. The number of hydrogen-bond donors (Lipinski definition) is 4. The fourth-order valence-electron chi connectivity index (χ4n) is 2.24. The molecule has 25 heavy (non-hydrogen) atoms. The number of H-pyrrole nitrogens is 1. The lowest BCUT2D eigenvalue weighted by molar-refractivity contribution is 0.0824. The van der Waals surface area contributed by atoms with Gasteiger partial charge in [-0.05, 0) is 36.4 Å². The van der Waals surface area contributed by atoms with Crippen LogP contribution in [0, 0.1) is 0 Å². The molecule has 4 N–H and O–H groups in total. The first-order valence-corrected chi connectivity index (χ1v) is 7.48. The maximum atomic E-state index is 12.1. The number of amides is 1. The van der Waals surface area contributed by atoms with Crippen molar-refractivity contribution in [3.8, 4) is 22.9 Å². The molecule has 3 rings (SSSR count). The van der Waals surface area contributed by atoms with Crippen molar-refractivity contribution in [1.82, 2.24) is 20.1 Å². The summed E-state index contributed by atoms with van der Waals surface area (Å²) in [5.41, 5.74) is 1.26. The van der Waals surface area contributed by atoms with Crippen molar-refractivity contribution in [1.29, 1.82) is 0 Å². The third-order valence-corrected chi connectivity index (χ3v) is 3.55. The smallest absolute Gasteiger partial charge is 0.257 e. The number of carbonyl (C=O) groups excluding carboxylic acids is 1. The zero-order valence-corrected chi connectivity index (χ0v) is 13.7. The van der Waals surface area contributed by atoms with E-state index < -0.39 is 0 Å².